The molecule has 1 heterocycles. The van der Waals surface area contributed by atoms with Crippen molar-refractivity contribution in [3.05, 3.63) is 23.8 Å². The van der Waals surface area contributed by atoms with E-state index in [9.17, 15) is 19.5 Å². The number of fused-ring (bicyclic) bond motifs is 7. The maximum absolute atomic E-state index is 13.8. The molecule has 0 radical (unpaired) electrons. The third kappa shape index (κ3) is 3.37. The van der Waals surface area contributed by atoms with Gasteiger partial charge in [-0.2, -0.15) is 5.06 Å². The maximum Gasteiger partial charge on any atom is 0.377 e. The van der Waals surface area contributed by atoms with Gasteiger partial charge in [0, 0.05) is 35.8 Å². The summed E-state index contributed by atoms with van der Waals surface area (Å²) in [7, 11) is 0. The lowest BCUT2D eigenvalue weighted by Gasteiger charge is -2.59. The lowest BCUT2D eigenvalue weighted by Crippen LogP contribution is -2.63. The molecule has 3 saturated carbocycles. The second-order valence-corrected chi connectivity index (χ2v) is 11.8. The number of hydrogen-bond donors (Lipinski definition) is 1. The molecular weight excluding hydrogens is 446 g/mol. The number of carbonyl (C=O) groups is 3. The van der Waals surface area contributed by atoms with Gasteiger partial charge in [0.15, 0.2) is 11.4 Å². The molecule has 1 N–H and O–H groups in total. The van der Waals surface area contributed by atoms with Crippen molar-refractivity contribution in [2.45, 2.75) is 77.9 Å². The summed E-state index contributed by atoms with van der Waals surface area (Å²) in [6.07, 6.45) is 9.50. The molecule has 0 aromatic rings. The van der Waals surface area contributed by atoms with Crippen molar-refractivity contribution in [1.29, 1.82) is 0 Å². The van der Waals surface area contributed by atoms with Crippen molar-refractivity contribution in [2.75, 3.05) is 19.7 Å². The molecule has 1 aliphatic heterocycles. The molecule has 35 heavy (non-hydrogen) atoms. The summed E-state index contributed by atoms with van der Waals surface area (Å²) < 4.78 is 5.19. The first-order chi connectivity index (χ1) is 16.6. The van der Waals surface area contributed by atoms with Crippen LogP contribution < -0.4 is 0 Å². The van der Waals surface area contributed by atoms with Crippen LogP contribution in [-0.2, 0) is 24.0 Å². The number of unbranched alkanes of at least 4 members (excludes halogenated alkanes) is 1. The zero-order chi connectivity index (χ0) is 25.2. The van der Waals surface area contributed by atoms with Crippen LogP contribution in [0.25, 0.3) is 0 Å². The van der Waals surface area contributed by atoms with Gasteiger partial charge in [0.05, 0.1) is 12.7 Å². The van der Waals surface area contributed by atoms with Gasteiger partial charge in [-0.15, -0.1) is 0 Å². The molecule has 3 unspecified atom stereocenters. The summed E-state index contributed by atoms with van der Waals surface area (Å²) in [4.78, 5) is 45.3. The van der Waals surface area contributed by atoms with Gasteiger partial charge in [-0.1, -0.05) is 38.8 Å². The number of esters is 1. The molecule has 0 spiro atoms. The highest BCUT2D eigenvalue weighted by molar-refractivity contribution is 6.37. The van der Waals surface area contributed by atoms with E-state index in [4.69, 9.17) is 9.57 Å². The first-order valence-corrected chi connectivity index (χ1v) is 13.4. The van der Waals surface area contributed by atoms with Crippen LogP contribution in [-0.4, -0.2) is 59.1 Å². The van der Waals surface area contributed by atoms with Crippen LogP contribution in [0.15, 0.2) is 23.8 Å². The van der Waals surface area contributed by atoms with Gasteiger partial charge >= 0.3 is 5.97 Å². The number of ether oxygens (including phenoxy) is 1. The zero-order valence-electron chi connectivity index (χ0n) is 21.4. The quantitative estimate of drug-likeness (QED) is 0.455. The Morgan fingerprint density at radius 2 is 2.06 bits per heavy atom. The van der Waals surface area contributed by atoms with E-state index in [1.807, 2.05) is 11.1 Å². The molecule has 5 aliphatic rings. The van der Waals surface area contributed by atoms with Gasteiger partial charge in [0.1, 0.15) is 0 Å². The van der Waals surface area contributed by atoms with E-state index in [0.717, 1.165) is 37.7 Å². The first-order valence-electron chi connectivity index (χ1n) is 13.4. The molecule has 192 valence electrons. The average Bonchev–Trinajstić information content (AvgIpc) is 3.29. The van der Waals surface area contributed by atoms with E-state index in [1.165, 1.54) is 0 Å². The molecule has 4 fully saturated rings. The van der Waals surface area contributed by atoms with E-state index < -0.39 is 28.9 Å². The summed E-state index contributed by atoms with van der Waals surface area (Å²) in [5.74, 6) is -1.25. The number of hydrogen-bond acceptors (Lipinski definition) is 7. The number of allylic oxidation sites excluding steroid dienone is 4. The first kappa shape index (κ1) is 24.8. The molecule has 7 nitrogen and oxygen atoms in total. The fourth-order valence-corrected chi connectivity index (χ4v) is 8.65. The molecule has 7 heteroatoms. The van der Waals surface area contributed by atoms with Crippen molar-refractivity contribution in [2.24, 2.45) is 34.5 Å². The fourth-order valence-electron chi connectivity index (χ4n) is 8.65. The Morgan fingerprint density at radius 3 is 2.77 bits per heavy atom. The van der Waals surface area contributed by atoms with E-state index in [-0.39, 0.29) is 41.5 Å². The predicted octanol–water partition coefficient (Wildman–Crippen LogP) is 3.41. The van der Waals surface area contributed by atoms with Crippen molar-refractivity contribution >= 4 is 17.5 Å². The monoisotopic (exact) mass is 485 g/mol. The maximum atomic E-state index is 13.8. The molecule has 0 amide bonds. The van der Waals surface area contributed by atoms with Gasteiger partial charge in [0.25, 0.3) is 5.78 Å². The van der Waals surface area contributed by atoms with Crippen LogP contribution in [0.5, 0.6) is 0 Å². The smallest absolute Gasteiger partial charge is 0.377 e. The molecule has 4 aliphatic carbocycles. The second kappa shape index (κ2) is 8.63. The van der Waals surface area contributed by atoms with E-state index in [1.54, 1.807) is 19.1 Å². The van der Waals surface area contributed by atoms with Gasteiger partial charge in [0.2, 0.25) is 0 Å². The highest BCUT2D eigenvalue weighted by atomic mass is 16.7. The summed E-state index contributed by atoms with van der Waals surface area (Å²) in [6.45, 7) is 9.48. The van der Waals surface area contributed by atoms with Crippen molar-refractivity contribution in [3.63, 3.8) is 0 Å². The Bertz CT molecular complexity index is 988. The normalized spacial score (nSPS) is 44.2. The Balaban J connectivity index is 1.54. The summed E-state index contributed by atoms with van der Waals surface area (Å²) >= 11 is 0. The highest BCUT2D eigenvalue weighted by Gasteiger charge is 2.76. The summed E-state index contributed by atoms with van der Waals surface area (Å²) in [5, 5.41) is 13.6. The number of aliphatic hydroxyl groups excluding tert-OH is 1. The largest absolute Gasteiger partial charge is 0.460 e. The Kier molecular flexibility index (Phi) is 6.13. The molecule has 0 aromatic heterocycles. The van der Waals surface area contributed by atoms with Crippen LogP contribution >= 0.6 is 0 Å². The van der Waals surface area contributed by atoms with Crippen LogP contribution in [0.4, 0.5) is 0 Å². The van der Waals surface area contributed by atoms with Crippen LogP contribution in [0.2, 0.25) is 0 Å². The topological polar surface area (TPSA) is 93.1 Å². The lowest BCUT2D eigenvalue weighted by atomic mass is 9.46. The lowest BCUT2D eigenvalue weighted by molar-refractivity contribution is -0.251. The molecule has 5 rings (SSSR count). The van der Waals surface area contributed by atoms with Crippen molar-refractivity contribution in [1.82, 2.24) is 5.06 Å². The van der Waals surface area contributed by atoms with Gasteiger partial charge in [-0.3, -0.25) is 14.4 Å². The molecule has 0 aromatic carbocycles. The van der Waals surface area contributed by atoms with Gasteiger partial charge < -0.3 is 9.84 Å². The average molecular weight is 486 g/mol. The number of ketones is 2. The number of aliphatic hydroxyl groups is 1. The van der Waals surface area contributed by atoms with Gasteiger partial charge in [-0.05, 0) is 63.0 Å². The van der Waals surface area contributed by atoms with E-state index in [2.05, 4.69) is 20.8 Å². The molecule has 0 bridgehead atoms. The van der Waals surface area contributed by atoms with E-state index in [0.29, 0.717) is 19.5 Å². The van der Waals surface area contributed by atoms with Crippen LogP contribution in [0.3, 0.4) is 0 Å². The second-order valence-electron chi connectivity index (χ2n) is 11.8. The number of hydroxylamine groups is 2. The Hall–Kier alpha value is -1.83. The molecular formula is C28H39NO6. The standard InChI is InChI=1S/C28H39NO6/c1-5-7-12-29-16-18-14-21-20-9-8-17-13-19(30)10-11-26(17,3)23(20)22(31)15-27(21,4)28(18,35-29)24(32)25(33)34-6-2/h10-11,13,18,20-23,31H,5-9,12,14-16H2,1-4H3/t18-,20?,21?,22-,23?,26-,27-,28-/m0/s1. The minimum absolute atomic E-state index is 0.0148. The van der Waals surface area contributed by atoms with Gasteiger partial charge in [-0.25, -0.2) is 4.79 Å². The number of carbonyl (C=O) groups excluding carboxylic acids is 3. The Morgan fingerprint density at radius 1 is 1.29 bits per heavy atom. The third-order valence-electron chi connectivity index (χ3n) is 10.1. The number of nitrogens with zero attached hydrogens (tertiary/aromatic N) is 1. The minimum Gasteiger partial charge on any atom is -0.460 e. The van der Waals surface area contributed by atoms with Crippen molar-refractivity contribution < 1.29 is 29.1 Å². The summed E-state index contributed by atoms with van der Waals surface area (Å²) in [6, 6.07) is 0. The van der Waals surface area contributed by atoms with Crippen LogP contribution in [0, 0.1) is 34.5 Å². The fraction of sp³-hybridized carbons (Fsp3) is 0.750. The Labute approximate surface area is 207 Å². The number of Topliss-reactive ketones (excluding diaryl/α,β-unsaturated/α-hetero) is 1. The predicted molar refractivity (Wildman–Crippen MR) is 129 cm³/mol. The molecule has 1 saturated heterocycles. The highest BCUT2D eigenvalue weighted by Crippen LogP contribution is 2.70. The minimum atomic E-state index is -1.31. The SMILES string of the molecule is CCCCN1C[C@@H]2CC3C4CCC5=CC(=O)C=C[C@]5(C)C4[C@@H](O)C[C@]3(C)[C@]2(C(=O)C(=O)OCC)O1. The number of rotatable bonds is 6. The third-order valence-corrected chi connectivity index (χ3v) is 10.1. The zero-order valence-corrected chi connectivity index (χ0v) is 21.4. The molecule has 8 atom stereocenters. The van der Waals surface area contributed by atoms with E-state index >= 15 is 0 Å². The summed E-state index contributed by atoms with van der Waals surface area (Å²) in [5.41, 5.74) is -1.26. The van der Waals surface area contributed by atoms with Crippen molar-refractivity contribution in [3.8, 4) is 0 Å². The van der Waals surface area contributed by atoms with Crippen LogP contribution in [0.1, 0.15) is 66.2 Å².